The molecule has 0 aromatic rings. The molecule has 1 rings (SSSR count). The molecule has 2 N–H and O–H groups in total. The van der Waals surface area contributed by atoms with Gasteiger partial charge in [0.25, 0.3) is 0 Å². The van der Waals surface area contributed by atoms with Crippen LogP contribution >= 0.6 is 0 Å². The van der Waals surface area contributed by atoms with Crippen LogP contribution in [0.5, 0.6) is 0 Å². The van der Waals surface area contributed by atoms with Crippen molar-refractivity contribution in [3.05, 3.63) is 0 Å². The smallest absolute Gasteiger partial charge is 0.00682 e. The summed E-state index contributed by atoms with van der Waals surface area (Å²) in [6, 6.07) is 0.875. The highest BCUT2D eigenvalue weighted by Crippen LogP contribution is 2.18. The van der Waals surface area contributed by atoms with Crippen molar-refractivity contribution in [1.82, 2.24) is 10.6 Å². The lowest BCUT2D eigenvalue weighted by Gasteiger charge is -2.04. The molecule has 2 heteroatoms. The van der Waals surface area contributed by atoms with Crippen molar-refractivity contribution in [2.45, 2.75) is 51.5 Å². The van der Waals surface area contributed by atoms with Gasteiger partial charge in [0, 0.05) is 6.04 Å². The number of hydrogen-bond acceptors (Lipinski definition) is 2. The summed E-state index contributed by atoms with van der Waals surface area (Å²) < 4.78 is 0. The molecule has 0 bridgehead atoms. The lowest BCUT2D eigenvalue weighted by Crippen LogP contribution is -2.23. The molecule has 0 amide bonds. The van der Waals surface area contributed by atoms with Gasteiger partial charge in [0.1, 0.15) is 0 Å². The lowest BCUT2D eigenvalue weighted by molar-refractivity contribution is 0.571. The van der Waals surface area contributed by atoms with Crippen LogP contribution in [-0.4, -0.2) is 25.7 Å². The molecule has 1 aliphatic carbocycles. The Hall–Kier alpha value is -0.0800. The normalized spacial score (nSPS) is 16.4. The molecule has 78 valence electrons. The van der Waals surface area contributed by atoms with Crippen molar-refractivity contribution in [2.24, 2.45) is 0 Å². The minimum atomic E-state index is 0.875. The predicted octanol–water partition coefficient (Wildman–Crippen LogP) is 1.91. The number of rotatable bonds is 9. The SMILES string of the molecule is CCCCCNCCCNC1CC1. The van der Waals surface area contributed by atoms with Crippen LogP contribution in [0.3, 0.4) is 0 Å². The molecule has 0 heterocycles. The van der Waals surface area contributed by atoms with E-state index in [-0.39, 0.29) is 0 Å². The van der Waals surface area contributed by atoms with Gasteiger partial charge in [-0.1, -0.05) is 19.8 Å². The predicted molar refractivity (Wildman–Crippen MR) is 58.0 cm³/mol. The molecule has 1 saturated carbocycles. The maximum Gasteiger partial charge on any atom is 0.00682 e. The summed E-state index contributed by atoms with van der Waals surface area (Å²) in [6.07, 6.45) is 8.13. The van der Waals surface area contributed by atoms with Gasteiger partial charge in [-0.25, -0.2) is 0 Å². The Labute approximate surface area is 82.5 Å². The van der Waals surface area contributed by atoms with E-state index in [1.807, 2.05) is 0 Å². The fraction of sp³-hybridized carbons (Fsp3) is 1.00. The highest BCUT2D eigenvalue weighted by Gasteiger charge is 2.19. The van der Waals surface area contributed by atoms with Crippen molar-refractivity contribution in [3.8, 4) is 0 Å². The molecule has 0 saturated heterocycles. The number of nitrogens with one attached hydrogen (secondary N) is 2. The van der Waals surface area contributed by atoms with Gasteiger partial charge in [-0.05, 0) is 45.3 Å². The zero-order valence-corrected chi connectivity index (χ0v) is 8.94. The molecule has 0 radical (unpaired) electrons. The Morgan fingerprint density at radius 1 is 1.00 bits per heavy atom. The van der Waals surface area contributed by atoms with E-state index in [0.717, 1.165) is 6.04 Å². The molecule has 2 nitrogen and oxygen atoms in total. The quantitative estimate of drug-likeness (QED) is 0.535. The second kappa shape index (κ2) is 7.34. The van der Waals surface area contributed by atoms with Crippen molar-refractivity contribution in [3.63, 3.8) is 0 Å². The topological polar surface area (TPSA) is 24.1 Å². The van der Waals surface area contributed by atoms with E-state index in [2.05, 4.69) is 17.6 Å². The summed E-state index contributed by atoms with van der Waals surface area (Å²) in [5.41, 5.74) is 0. The van der Waals surface area contributed by atoms with Gasteiger partial charge in [-0.2, -0.15) is 0 Å². The Bertz CT molecular complexity index is 111. The van der Waals surface area contributed by atoms with Crippen LogP contribution in [0.25, 0.3) is 0 Å². The van der Waals surface area contributed by atoms with Crippen molar-refractivity contribution in [2.75, 3.05) is 19.6 Å². The van der Waals surface area contributed by atoms with Crippen LogP contribution in [-0.2, 0) is 0 Å². The second-order valence-electron chi connectivity index (χ2n) is 4.04. The van der Waals surface area contributed by atoms with Gasteiger partial charge >= 0.3 is 0 Å². The minimum absolute atomic E-state index is 0.875. The van der Waals surface area contributed by atoms with E-state index in [4.69, 9.17) is 0 Å². The van der Waals surface area contributed by atoms with Crippen LogP contribution in [0.2, 0.25) is 0 Å². The van der Waals surface area contributed by atoms with E-state index in [0.29, 0.717) is 0 Å². The Morgan fingerprint density at radius 2 is 1.77 bits per heavy atom. The molecule has 1 aliphatic rings. The average molecular weight is 184 g/mol. The van der Waals surface area contributed by atoms with Crippen molar-refractivity contribution in [1.29, 1.82) is 0 Å². The minimum Gasteiger partial charge on any atom is -0.317 e. The van der Waals surface area contributed by atoms with Gasteiger partial charge in [0.15, 0.2) is 0 Å². The maximum absolute atomic E-state index is 3.52. The first-order valence-electron chi connectivity index (χ1n) is 5.87. The first-order chi connectivity index (χ1) is 6.43. The van der Waals surface area contributed by atoms with Crippen LogP contribution in [0.15, 0.2) is 0 Å². The third kappa shape index (κ3) is 7.03. The molecule has 0 unspecified atom stereocenters. The third-order valence-corrected chi connectivity index (χ3v) is 2.50. The van der Waals surface area contributed by atoms with E-state index in [9.17, 15) is 0 Å². The molecule has 0 atom stereocenters. The van der Waals surface area contributed by atoms with Crippen molar-refractivity contribution >= 4 is 0 Å². The third-order valence-electron chi connectivity index (χ3n) is 2.50. The average Bonchev–Trinajstić information content (AvgIpc) is 2.93. The molecule has 1 fully saturated rings. The standard InChI is InChI=1S/C11H24N2/c1-2-3-4-8-12-9-5-10-13-11-6-7-11/h11-13H,2-10H2,1H3. The summed E-state index contributed by atoms with van der Waals surface area (Å²) in [4.78, 5) is 0. The Morgan fingerprint density at radius 3 is 2.46 bits per heavy atom. The Balaban J connectivity index is 1.63. The number of unbranched alkanes of at least 4 members (excludes halogenated alkanes) is 2. The zero-order chi connectivity index (χ0) is 9.36. The summed E-state index contributed by atoms with van der Waals surface area (Å²) in [5, 5.41) is 6.99. The first-order valence-corrected chi connectivity index (χ1v) is 5.87. The molecular weight excluding hydrogens is 160 g/mol. The van der Waals surface area contributed by atoms with Crippen molar-refractivity contribution < 1.29 is 0 Å². The first kappa shape index (κ1) is 11.0. The van der Waals surface area contributed by atoms with Crippen LogP contribution < -0.4 is 10.6 Å². The molecule has 0 aromatic heterocycles. The van der Waals surface area contributed by atoms with Gasteiger partial charge in [-0.3, -0.25) is 0 Å². The van der Waals surface area contributed by atoms with Gasteiger partial charge < -0.3 is 10.6 Å². The maximum atomic E-state index is 3.52. The monoisotopic (exact) mass is 184 g/mol. The molecule has 0 aliphatic heterocycles. The highest BCUT2D eigenvalue weighted by atomic mass is 14.9. The molecule has 13 heavy (non-hydrogen) atoms. The summed E-state index contributed by atoms with van der Waals surface area (Å²) in [7, 11) is 0. The zero-order valence-electron chi connectivity index (χ0n) is 8.94. The van der Waals surface area contributed by atoms with Crippen LogP contribution in [0, 0.1) is 0 Å². The van der Waals surface area contributed by atoms with E-state index < -0.39 is 0 Å². The van der Waals surface area contributed by atoms with Gasteiger partial charge in [0.2, 0.25) is 0 Å². The molecular formula is C11H24N2. The molecule has 0 spiro atoms. The van der Waals surface area contributed by atoms with Gasteiger partial charge in [-0.15, -0.1) is 0 Å². The highest BCUT2D eigenvalue weighted by molar-refractivity contribution is 4.80. The fourth-order valence-electron chi connectivity index (χ4n) is 1.43. The molecule has 0 aromatic carbocycles. The van der Waals surface area contributed by atoms with E-state index in [1.165, 1.54) is 58.2 Å². The summed E-state index contributed by atoms with van der Waals surface area (Å²) in [6.45, 7) is 5.84. The summed E-state index contributed by atoms with van der Waals surface area (Å²) >= 11 is 0. The fourth-order valence-corrected chi connectivity index (χ4v) is 1.43. The van der Waals surface area contributed by atoms with E-state index in [1.54, 1.807) is 0 Å². The van der Waals surface area contributed by atoms with E-state index >= 15 is 0 Å². The number of hydrogen-bond donors (Lipinski definition) is 2. The van der Waals surface area contributed by atoms with Crippen LogP contribution in [0.4, 0.5) is 0 Å². The second-order valence-corrected chi connectivity index (χ2v) is 4.04. The van der Waals surface area contributed by atoms with Crippen LogP contribution in [0.1, 0.15) is 45.4 Å². The lowest BCUT2D eigenvalue weighted by atomic mass is 10.2. The largest absolute Gasteiger partial charge is 0.317 e. The summed E-state index contributed by atoms with van der Waals surface area (Å²) in [5.74, 6) is 0. The Kier molecular flexibility index (Phi) is 6.21. The van der Waals surface area contributed by atoms with Gasteiger partial charge in [0.05, 0.1) is 0 Å².